The number of carbonyl (C=O) groups is 4. The minimum Gasteiger partial charge on any atom is -0.508 e. The second-order valence-corrected chi connectivity index (χ2v) is 7.38. The maximum Gasteiger partial charge on any atom is 0.242 e. The first-order chi connectivity index (χ1) is 15.2. The molecule has 6 N–H and O–H groups in total. The zero-order valence-electron chi connectivity index (χ0n) is 17.8. The van der Waals surface area contributed by atoms with E-state index in [1.165, 1.54) is 19.1 Å². The number of hydrogen-bond donors (Lipinski definition) is 5. The molecule has 0 heterocycles. The van der Waals surface area contributed by atoms with Crippen LogP contribution in [-0.2, 0) is 32.0 Å². The molecule has 0 saturated heterocycles. The third-order valence-electron chi connectivity index (χ3n) is 4.68. The lowest BCUT2D eigenvalue weighted by molar-refractivity contribution is -0.129. The Morgan fingerprint density at radius 3 is 2.06 bits per heavy atom. The van der Waals surface area contributed by atoms with Gasteiger partial charge in [-0.25, -0.2) is 0 Å². The van der Waals surface area contributed by atoms with Gasteiger partial charge >= 0.3 is 0 Å². The van der Waals surface area contributed by atoms with Gasteiger partial charge in [-0.2, -0.15) is 0 Å². The molecule has 9 nitrogen and oxygen atoms in total. The van der Waals surface area contributed by atoms with Crippen molar-refractivity contribution in [1.29, 1.82) is 0 Å². The topological polar surface area (TPSA) is 151 Å². The summed E-state index contributed by atoms with van der Waals surface area (Å²) in [5.74, 6) is -1.80. The largest absolute Gasteiger partial charge is 0.508 e. The van der Waals surface area contributed by atoms with E-state index in [9.17, 15) is 24.3 Å². The van der Waals surface area contributed by atoms with Crippen molar-refractivity contribution in [2.45, 2.75) is 38.3 Å². The molecule has 0 aliphatic carbocycles. The molecule has 0 spiro atoms. The van der Waals surface area contributed by atoms with Crippen LogP contribution in [0, 0.1) is 0 Å². The Kier molecular flexibility index (Phi) is 9.22. The summed E-state index contributed by atoms with van der Waals surface area (Å²) < 4.78 is 0. The number of nitrogens with two attached hydrogens (primary N) is 1. The van der Waals surface area contributed by atoms with Crippen LogP contribution in [0.15, 0.2) is 54.6 Å². The van der Waals surface area contributed by atoms with E-state index in [0.29, 0.717) is 0 Å². The normalized spacial score (nSPS) is 12.3. The molecule has 9 heteroatoms. The third kappa shape index (κ3) is 8.47. The summed E-state index contributed by atoms with van der Waals surface area (Å²) in [5.41, 5.74) is 7.01. The molecule has 0 bridgehead atoms. The van der Waals surface area contributed by atoms with Crippen molar-refractivity contribution in [2.75, 3.05) is 6.54 Å². The first-order valence-electron chi connectivity index (χ1n) is 10.2. The van der Waals surface area contributed by atoms with Gasteiger partial charge in [-0.15, -0.1) is 0 Å². The van der Waals surface area contributed by atoms with Crippen molar-refractivity contribution >= 4 is 23.6 Å². The predicted octanol–water partition coefficient (Wildman–Crippen LogP) is 0.159. The van der Waals surface area contributed by atoms with Gasteiger partial charge in [-0.1, -0.05) is 42.5 Å². The lowest BCUT2D eigenvalue weighted by Crippen LogP contribution is -2.49. The first-order valence-corrected chi connectivity index (χ1v) is 10.2. The van der Waals surface area contributed by atoms with E-state index in [2.05, 4.69) is 16.0 Å². The van der Waals surface area contributed by atoms with Gasteiger partial charge in [-0.3, -0.25) is 19.2 Å². The zero-order valence-corrected chi connectivity index (χ0v) is 17.8. The second-order valence-electron chi connectivity index (χ2n) is 7.38. The molecule has 2 atom stereocenters. The molecule has 170 valence electrons. The van der Waals surface area contributed by atoms with Crippen molar-refractivity contribution < 1.29 is 24.3 Å². The number of rotatable bonds is 11. The smallest absolute Gasteiger partial charge is 0.242 e. The molecule has 2 rings (SSSR count). The number of nitrogens with one attached hydrogen (secondary N) is 3. The fourth-order valence-corrected chi connectivity index (χ4v) is 3.08. The molecular formula is C23H28N4O5. The van der Waals surface area contributed by atoms with Gasteiger partial charge in [0.15, 0.2) is 0 Å². The number of phenolic OH excluding ortho intramolecular Hbond substituents is 1. The van der Waals surface area contributed by atoms with Crippen molar-refractivity contribution in [3.8, 4) is 5.75 Å². The molecular weight excluding hydrogens is 412 g/mol. The molecule has 0 saturated carbocycles. The molecule has 0 aromatic heterocycles. The van der Waals surface area contributed by atoms with E-state index < -0.39 is 29.8 Å². The van der Waals surface area contributed by atoms with Crippen LogP contribution in [0.1, 0.15) is 24.5 Å². The van der Waals surface area contributed by atoms with E-state index in [1.807, 2.05) is 30.3 Å². The van der Waals surface area contributed by atoms with Gasteiger partial charge in [0.1, 0.15) is 17.8 Å². The van der Waals surface area contributed by atoms with Gasteiger partial charge in [-0.05, 0) is 23.3 Å². The van der Waals surface area contributed by atoms with Crippen LogP contribution in [0.25, 0.3) is 0 Å². The van der Waals surface area contributed by atoms with Crippen LogP contribution in [0.3, 0.4) is 0 Å². The predicted molar refractivity (Wildman–Crippen MR) is 118 cm³/mol. The summed E-state index contributed by atoms with van der Waals surface area (Å²) in [6.45, 7) is 1.33. The number of primary amides is 1. The van der Waals surface area contributed by atoms with Gasteiger partial charge in [0.25, 0.3) is 0 Å². The average molecular weight is 441 g/mol. The quantitative estimate of drug-likeness (QED) is 0.337. The van der Waals surface area contributed by atoms with E-state index in [4.69, 9.17) is 5.73 Å². The fourth-order valence-electron chi connectivity index (χ4n) is 3.08. The Morgan fingerprint density at radius 2 is 1.47 bits per heavy atom. The molecule has 2 aromatic rings. The van der Waals surface area contributed by atoms with Crippen molar-refractivity contribution in [2.24, 2.45) is 5.73 Å². The van der Waals surface area contributed by atoms with E-state index >= 15 is 0 Å². The standard InChI is InChI=1S/C23H28N4O5/c1-15(28)26-20(14-17-7-9-18(29)10-8-17)23(32)25-12-11-21(30)27-19(22(24)31)13-16-5-3-2-4-6-16/h2-10,19-20,29H,11-14H2,1H3,(H2,24,31)(H,25,32)(H,26,28)(H,27,30)/t19-,20?/m1/s1. The maximum absolute atomic E-state index is 12.5. The maximum atomic E-state index is 12.5. The average Bonchev–Trinajstić information content (AvgIpc) is 2.74. The lowest BCUT2D eigenvalue weighted by Gasteiger charge is -2.18. The fraction of sp³-hybridized carbons (Fsp3) is 0.304. The van der Waals surface area contributed by atoms with Crippen LogP contribution in [0.4, 0.5) is 0 Å². The summed E-state index contributed by atoms with van der Waals surface area (Å²) in [5, 5.41) is 17.2. The molecule has 0 aliphatic rings. The number of phenols is 1. The highest BCUT2D eigenvalue weighted by atomic mass is 16.3. The lowest BCUT2D eigenvalue weighted by atomic mass is 10.0. The highest BCUT2D eigenvalue weighted by molar-refractivity contribution is 5.88. The zero-order chi connectivity index (χ0) is 23.5. The molecule has 4 amide bonds. The Labute approximate surface area is 186 Å². The van der Waals surface area contributed by atoms with Crippen molar-refractivity contribution in [1.82, 2.24) is 16.0 Å². The van der Waals surface area contributed by atoms with Crippen LogP contribution >= 0.6 is 0 Å². The van der Waals surface area contributed by atoms with Gasteiger partial charge in [0.05, 0.1) is 0 Å². The van der Waals surface area contributed by atoms with E-state index in [1.54, 1.807) is 12.1 Å². The highest BCUT2D eigenvalue weighted by Gasteiger charge is 2.21. The molecule has 0 aliphatic heterocycles. The van der Waals surface area contributed by atoms with Crippen LogP contribution in [0.5, 0.6) is 5.75 Å². The van der Waals surface area contributed by atoms with Crippen LogP contribution < -0.4 is 21.7 Å². The molecule has 0 radical (unpaired) electrons. The Hall–Kier alpha value is -3.88. The number of benzene rings is 2. The van der Waals surface area contributed by atoms with Crippen molar-refractivity contribution in [3.63, 3.8) is 0 Å². The van der Waals surface area contributed by atoms with E-state index in [-0.39, 0.29) is 37.5 Å². The molecule has 2 aromatic carbocycles. The summed E-state index contributed by atoms with van der Waals surface area (Å²) in [4.78, 5) is 47.9. The number of amides is 4. The van der Waals surface area contributed by atoms with Gasteiger partial charge in [0, 0.05) is 32.7 Å². The van der Waals surface area contributed by atoms with Gasteiger partial charge in [0.2, 0.25) is 23.6 Å². The molecule has 1 unspecified atom stereocenters. The first kappa shape index (κ1) is 24.4. The Bertz CT molecular complexity index is 931. The summed E-state index contributed by atoms with van der Waals surface area (Å²) >= 11 is 0. The molecule has 0 fully saturated rings. The second kappa shape index (κ2) is 12.1. The molecule has 32 heavy (non-hydrogen) atoms. The summed E-state index contributed by atoms with van der Waals surface area (Å²) in [7, 11) is 0. The minimum atomic E-state index is -0.859. The van der Waals surface area contributed by atoms with Crippen LogP contribution in [0.2, 0.25) is 0 Å². The Morgan fingerprint density at radius 1 is 0.875 bits per heavy atom. The number of aromatic hydroxyl groups is 1. The SMILES string of the molecule is CC(=O)NC(Cc1ccc(O)cc1)C(=O)NCCC(=O)N[C@H](Cc1ccccc1)C(N)=O. The number of hydrogen-bond acceptors (Lipinski definition) is 5. The Balaban J connectivity index is 1.86. The van der Waals surface area contributed by atoms with Crippen molar-refractivity contribution in [3.05, 3.63) is 65.7 Å². The van der Waals surface area contributed by atoms with E-state index in [0.717, 1.165) is 11.1 Å². The monoisotopic (exact) mass is 440 g/mol. The number of carbonyl (C=O) groups excluding carboxylic acids is 4. The third-order valence-corrected chi connectivity index (χ3v) is 4.68. The minimum absolute atomic E-state index is 0.0210. The van der Waals surface area contributed by atoms with Crippen LogP contribution in [-0.4, -0.2) is 47.4 Å². The van der Waals surface area contributed by atoms with Gasteiger partial charge < -0.3 is 26.8 Å². The summed E-state index contributed by atoms with van der Waals surface area (Å²) in [6.07, 6.45) is 0.431. The summed E-state index contributed by atoms with van der Waals surface area (Å²) in [6, 6.07) is 13.8. The highest BCUT2D eigenvalue weighted by Crippen LogP contribution is 2.11.